The van der Waals surface area contributed by atoms with Crippen LogP contribution in [0.4, 0.5) is 0 Å². The zero-order valence-corrected chi connectivity index (χ0v) is 8.05. The third kappa shape index (κ3) is 2.32. The van der Waals surface area contributed by atoms with Crippen LogP contribution in [-0.4, -0.2) is 15.2 Å². The van der Waals surface area contributed by atoms with Crippen molar-refractivity contribution in [2.45, 2.75) is 13.0 Å². The van der Waals surface area contributed by atoms with Crippen LogP contribution in [0.2, 0.25) is 0 Å². The summed E-state index contributed by atoms with van der Waals surface area (Å²) in [5.41, 5.74) is 6.36. The molecule has 1 aromatic heterocycles. The third-order valence-electron chi connectivity index (χ3n) is 1.98. The number of aromatic nitrogens is 2. The molecule has 0 amide bonds. The van der Waals surface area contributed by atoms with Gasteiger partial charge in [0.1, 0.15) is 5.75 Å². The van der Waals surface area contributed by atoms with Gasteiger partial charge >= 0.3 is 0 Å². The molecule has 0 spiro atoms. The summed E-state index contributed by atoms with van der Waals surface area (Å²) in [6.45, 7) is 0.277. The SMILES string of the molecule is NCc1noc(Cc2ccc(O)cc2)n1. The van der Waals surface area contributed by atoms with Crippen LogP contribution >= 0.6 is 0 Å². The predicted molar refractivity (Wildman–Crippen MR) is 53.1 cm³/mol. The maximum atomic E-state index is 9.10. The van der Waals surface area contributed by atoms with E-state index in [4.69, 9.17) is 15.4 Å². The largest absolute Gasteiger partial charge is 0.508 e. The van der Waals surface area contributed by atoms with Gasteiger partial charge in [0.25, 0.3) is 0 Å². The summed E-state index contributed by atoms with van der Waals surface area (Å²) >= 11 is 0. The molecule has 0 atom stereocenters. The van der Waals surface area contributed by atoms with Crippen molar-refractivity contribution in [2.24, 2.45) is 5.73 Å². The second-order valence-corrected chi connectivity index (χ2v) is 3.15. The van der Waals surface area contributed by atoms with E-state index in [0.717, 1.165) is 5.56 Å². The molecule has 0 radical (unpaired) electrons. The summed E-state index contributed by atoms with van der Waals surface area (Å²) in [6, 6.07) is 6.86. The summed E-state index contributed by atoms with van der Waals surface area (Å²) in [6.07, 6.45) is 0.549. The van der Waals surface area contributed by atoms with Crippen molar-refractivity contribution in [2.75, 3.05) is 0 Å². The number of hydrogen-bond acceptors (Lipinski definition) is 5. The highest BCUT2D eigenvalue weighted by molar-refractivity contribution is 5.27. The van der Waals surface area contributed by atoms with Gasteiger partial charge in [-0.1, -0.05) is 17.3 Å². The van der Waals surface area contributed by atoms with E-state index in [1.807, 2.05) is 12.1 Å². The molecule has 1 heterocycles. The molecular formula is C10H11N3O2. The minimum atomic E-state index is 0.243. The summed E-state index contributed by atoms with van der Waals surface area (Å²) in [5, 5.41) is 12.8. The van der Waals surface area contributed by atoms with Crippen LogP contribution in [-0.2, 0) is 13.0 Å². The van der Waals surface area contributed by atoms with Crippen molar-refractivity contribution in [3.05, 3.63) is 41.5 Å². The van der Waals surface area contributed by atoms with Gasteiger partial charge in [0, 0.05) is 0 Å². The third-order valence-corrected chi connectivity index (χ3v) is 1.98. The number of phenols is 1. The van der Waals surface area contributed by atoms with E-state index in [1.54, 1.807) is 12.1 Å². The summed E-state index contributed by atoms with van der Waals surface area (Å²) in [5.74, 6) is 1.27. The van der Waals surface area contributed by atoms with Crippen LogP contribution in [0.5, 0.6) is 5.75 Å². The second kappa shape index (κ2) is 4.10. The number of rotatable bonds is 3. The summed E-state index contributed by atoms with van der Waals surface area (Å²) < 4.78 is 4.99. The summed E-state index contributed by atoms with van der Waals surface area (Å²) in [4.78, 5) is 4.08. The zero-order chi connectivity index (χ0) is 10.7. The molecule has 0 saturated carbocycles. The molecule has 15 heavy (non-hydrogen) atoms. The molecule has 0 aliphatic carbocycles. The zero-order valence-electron chi connectivity index (χ0n) is 8.05. The Hall–Kier alpha value is -1.88. The van der Waals surface area contributed by atoms with Gasteiger partial charge in [0.15, 0.2) is 5.82 Å². The lowest BCUT2D eigenvalue weighted by Crippen LogP contribution is -1.98. The molecule has 2 aromatic rings. The van der Waals surface area contributed by atoms with Gasteiger partial charge in [-0.05, 0) is 17.7 Å². The van der Waals surface area contributed by atoms with Crippen molar-refractivity contribution in [1.82, 2.24) is 10.1 Å². The van der Waals surface area contributed by atoms with Crippen molar-refractivity contribution < 1.29 is 9.63 Å². The molecule has 0 bridgehead atoms. The number of hydrogen-bond donors (Lipinski definition) is 2. The van der Waals surface area contributed by atoms with Gasteiger partial charge < -0.3 is 15.4 Å². The lowest BCUT2D eigenvalue weighted by atomic mass is 10.1. The summed E-state index contributed by atoms with van der Waals surface area (Å²) in [7, 11) is 0. The molecule has 0 aliphatic heterocycles. The molecule has 2 rings (SSSR count). The first-order valence-electron chi connectivity index (χ1n) is 4.57. The first-order chi connectivity index (χ1) is 7.28. The highest BCUT2D eigenvalue weighted by Crippen LogP contribution is 2.12. The van der Waals surface area contributed by atoms with Crippen molar-refractivity contribution in [3.63, 3.8) is 0 Å². The van der Waals surface area contributed by atoms with E-state index in [-0.39, 0.29) is 12.3 Å². The Balaban J connectivity index is 2.11. The highest BCUT2D eigenvalue weighted by atomic mass is 16.5. The normalized spacial score (nSPS) is 10.5. The van der Waals surface area contributed by atoms with Crippen LogP contribution < -0.4 is 5.73 Å². The lowest BCUT2D eigenvalue weighted by molar-refractivity contribution is 0.379. The van der Waals surface area contributed by atoms with Crippen LogP contribution in [0.25, 0.3) is 0 Å². The number of nitrogens with two attached hydrogens (primary N) is 1. The Morgan fingerprint density at radius 3 is 2.60 bits per heavy atom. The number of aromatic hydroxyl groups is 1. The molecular weight excluding hydrogens is 194 g/mol. The Morgan fingerprint density at radius 1 is 1.27 bits per heavy atom. The fourth-order valence-corrected chi connectivity index (χ4v) is 1.23. The minimum absolute atomic E-state index is 0.243. The minimum Gasteiger partial charge on any atom is -0.508 e. The monoisotopic (exact) mass is 205 g/mol. The highest BCUT2D eigenvalue weighted by Gasteiger charge is 2.05. The molecule has 5 nitrogen and oxygen atoms in total. The predicted octanol–water partition coefficient (Wildman–Crippen LogP) is 0.825. The Bertz CT molecular complexity index is 436. The van der Waals surface area contributed by atoms with Crippen LogP contribution in [0.3, 0.4) is 0 Å². The molecule has 0 unspecified atom stereocenters. The van der Waals surface area contributed by atoms with Gasteiger partial charge in [0.2, 0.25) is 5.89 Å². The quantitative estimate of drug-likeness (QED) is 0.775. The van der Waals surface area contributed by atoms with Crippen molar-refractivity contribution >= 4 is 0 Å². The standard InChI is InChI=1S/C10H11N3O2/c11-6-9-12-10(15-13-9)5-7-1-3-8(14)4-2-7/h1-4,14H,5-6,11H2. The Labute approximate surface area is 86.5 Å². The average molecular weight is 205 g/mol. The maximum Gasteiger partial charge on any atom is 0.231 e. The van der Waals surface area contributed by atoms with Gasteiger partial charge in [-0.3, -0.25) is 0 Å². The van der Waals surface area contributed by atoms with Crippen molar-refractivity contribution in [1.29, 1.82) is 0 Å². The maximum absolute atomic E-state index is 9.10. The molecule has 0 aliphatic rings. The van der Waals surface area contributed by atoms with Crippen molar-refractivity contribution in [3.8, 4) is 5.75 Å². The fraction of sp³-hybridized carbons (Fsp3) is 0.200. The molecule has 0 fully saturated rings. The molecule has 0 saturated heterocycles. The molecule has 78 valence electrons. The lowest BCUT2D eigenvalue weighted by Gasteiger charge is -1.96. The van der Waals surface area contributed by atoms with Crippen LogP contribution in [0.15, 0.2) is 28.8 Å². The first kappa shape index (κ1) is 9.67. The van der Waals surface area contributed by atoms with E-state index < -0.39 is 0 Å². The van der Waals surface area contributed by atoms with Gasteiger partial charge in [-0.2, -0.15) is 4.98 Å². The van der Waals surface area contributed by atoms with Crippen LogP contribution in [0, 0.1) is 0 Å². The second-order valence-electron chi connectivity index (χ2n) is 3.15. The first-order valence-corrected chi connectivity index (χ1v) is 4.57. The van der Waals surface area contributed by atoms with Crippen LogP contribution in [0.1, 0.15) is 17.3 Å². The van der Waals surface area contributed by atoms with Gasteiger partial charge in [0.05, 0.1) is 13.0 Å². The van der Waals surface area contributed by atoms with E-state index in [9.17, 15) is 0 Å². The molecule has 3 N–H and O–H groups in total. The fourth-order valence-electron chi connectivity index (χ4n) is 1.23. The Kier molecular flexibility index (Phi) is 2.64. The van der Waals surface area contributed by atoms with E-state index in [0.29, 0.717) is 18.1 Å². The smallest absolute Gasteiger partial charge is 0.231 e. The van der Waals surface area contributed by atoms with E-state index in [1.165, 1.54) is 0 Å². The molecule has 1 aromatic carbocycles. The average Bonchev–Trinajstić information content (AvgIpc) is 2.69. The van der Waals surface area contributed by atoms with E-state index >= 15 is 0 Å². The number of benzene rings is 1. The Morgan fingerprint density at radius 2 is 2.00 bits per heavy atom. The molecule has 5 heteroatoms. The van der Waals surface area contributed by atoms with E-state index in [2.05, 4.69) is 10.1 Å². The number of phenolic OH excluding ortho intramolecular Hbond substituents is 1. The topological polar surface area (TPSA) is 85.2 Å². The number of nitrogens with zero attached hydrogens (tertiary/aromatic N) is 2. The van der Waals surface area contributed by atoms with Gasteiger partial charge in [-0.25, -0.2) is 0 Å². The van der Waals surface area contributed by atoms with Gasteiger partial charge in [-0.15, -0.1) is 0 Å².